The van der Waals surface area contributed by atoms with Crippen LogP contribution in [0.1, 0.15) is 44.3 Å². The summed E-state index contributed by atoms with van der Waals surface area (Å²) in [5, 5.41) is 3.62. The molecular weight excluding hydrogens is 522 g/mol. The highest BCUT2D eigenvalue weighted by atomic mass is 32.2. The summed E-state index contributed by atoms with van der Waals surface area (Å²) in [7, 11) is -2.48. The molecule has 1 atom stereocenters. The molecule has 0 aromatic heterocycles. The van der Waals surface area contributed by atoms with Crippen molar-refractivity contribution in [3.05, 3.63) is 124 Å². The Hall–Kier alpha value is -4.14. The van der Waals surface area contributed by atoms with Gasteiger partial charge in [0.15, 0.2) is 0 Å². The van der Waals surface area contributed by atoms with Crippen LogP contribution in [0, 0.1) is 13.8 Å². The average molecular weight is 554 g/mol. The van der Waals surface area contributed by atoms with E-state index in [1.54, 1.807) is 48.5 Å². The summed E-state index contributed by atoms with van der Waals surface area (Å²) in [6, 6.07) is 27.7. The van der Waals surface area contributed by atoms with E-state index in [1.807, 2.05) is 73.5 Å². The van der Waals surface area contributed by atoms with E-state index < -0.39 is 16.2 Å². The smallest absolute Gasteiger partial charge is 0.268 e. The van der Waals surface area contributed by atoms with Gasteiger partial charge in [-0.05, 0) is 73.9 Å². The number of carbonyl (C=O) groups is 1. The number of anilines is 1. The number of benzene rings is 4. The summed E-state index contributed by atoms with van der Waals surface area (Å²) in [6.45, 7) is 4.58. The molecule has 1 unspecified atom stereocenters. The molecule has 0 spiro atoms. The maximum Gasteiger partial charge on any atom is 0.268 e. The highest BCUT2D eigenvalue weighted by molar-refractivity contribution is 7.92. The van der Waals surface area contributed by atoms with Crippen LogP contribution < -0.4 is 9.04 Å². The monoisotopic (exact) mass is 553 g/mol. The first kappa shape index (κ1) is 26.1. The lowest BCUT2D eigenvalue weighted by atomic mass is 9.97. The first-order chi connectivity index (χ1) is 19.3. The van der Waals surface area contributed by atoms with E-state index in [4.69, 9.17) is 4.74 Å². The number of aryl methyl sites for hydroxylation is 2. The maximum atomic E-state index is 14.6. The lowest BCUT2D eigenvalue weighted by Gasteiger charge is -2.45. The average Bonchev–Trinajstić information content (AvgIpc) is 3.12. The van der Waals surface area contributed by atoms with E-state index in [0.717, 1.165) is 22.3 Å². The van der Waals surface area contributed by atoms with Gasteiger partial charge in [-0.1, -0.05) is 59.7 Å². The Morgan fingerprint density at radius 3 is 2.23 bits per heavy atom. The van der Waals surface area contributed by atoms with Crippen LogP contribution in [-0.2, 0) is 23.0 Å². The molecule has 4 aromatic carbocycles. The predicted octanol–water partition coefficient (Wildman–Crippen LogP) is 5.64. The van der Waals surface area contributed by atoms with Crippen LogP contribution in [0.2, 0.25) is 0 Å². The Morgan fingerprint density at radius 2 is 1.52 bits per heavy atom. The Labute approximate surface area is 235 Å². The molecule has 0 radical (unpaired) electrons. The fourth-order valence-electron chi connectivity index (χ4n) is 5.56. The molecule has 2 aliphatic heterocycles. The third-order valence-corrected chi connectivity index (χ3v) is 9.50. The molecule has 40 heavy (non-hydrogen) atoms. The summed E-state index contributed by atoms with van der Waals surface area (Å²) in [5.74, 6) is 0.405. The minimum absolute atomic E-state index is 0.187. The second kappa shape index (κ2) is 10.1. The summed E-state index contributed by atoms with van der Waals surface area (Å²) in [4.78, 5) is 14.3. The third kappa shape index (κ3) is 4.43. The van der Waals surface area contributed by atoms with Gasteiger partial charge < -0.3 is 4.74 Å². The second-order valence-electron chi connectivity index (χ2n) is 10.3. The zero-order valence-electron chi connectivity index (χ0n) is 22.7. The van der Waals surface area contributed by atoms with Gasteiger partial charge in [0.1, 0.15) is 11.9 Å². The van der Waals surface area contributed by atoms with Crippen molar-refractivity contribution in [2.45, 2.75) is 37.9 Å². The van der Waals surface area contributed by atoms with Crippen LogP contribution in [0.25, 0.3) is 0 Å². The first-order valence-corrected chi connectivity index (χ1v) is 14.7. The zero-order valence-corrected chi connectivity index (χ0v) is 23.6. The van der Waals surface area contributed by atoms with Crippen molar-refractivity contribution >= 4 is 21.6 Å². The fourth-order valence-corrected chi connectivity index (χ4v) is 7.19. The number of hydrogen-bond acceptors (Lipinski definition) is 5. The fraction of sp³-hybridized carbons (Fsp3) is 0.219. The zero-order chi connectivity index (χ0) is 28.0. The van der Waals surface area contributed by atoms with Gasteiger partial charge in [-0.3, -0.25) is 9.80 Å². The van der Waals surface area contributed by atoms with Crippen LogP contribution in [0.3, 0.4) is 0 Å². The van der Waals surface area contributed by atoms with E-state index in [0.29, 0.717) is 35.5 Å². The maximum absolute atomic E-state index is 14.6. The van der Waals surface area contributed by atoms with Crippen LogP contribution in [0.15, 0.2) is 95.9 Å². The van der Waals surface area contributed by atoms with Crippen LogP contribution in [0.5, 0.6) is 5.75 Å². The number of nitrogens with zero attached hydrogens (tertiary/aromatic N) is 3. The molecular formula is C32H31N3O4S. The number of amides is 1. The van der Waals surface area contributed by atoms with Gasteiger partial charge in [0.25, 0.3) is 15.9 Å². The SMILES string of the molecule is COc1ccc2c(c1)CN(C(=O)c1ccc(C)cc1)N1CCc3ccccc3C1N2S(=O)(=O)c1ccc(C)cc1. The van der Waals surface area contributed by atoms with Gasteiger partial charge in [-0.25, -0.2) is 12.7 Å². The molecule has 4 aromatic rings. The predicted molar refractivity (Wildman–Crippen MR) is 154 cm³/mol. The summed E-state index contributed by atoms with van der Waals surface area (Å²) in [5.41, 5.74) is 5.70. The second-order valence-corrected chi connectivity index (χ2v) is 12.1. The highest BCUT2D eigenvalue weighted by Crippen LogP contribution is 2.45. The minimum atomic E-state index is -4.05. The Kier molecular flexibility index (Phi) is 6.60. The van der Waals surface area contributed by atoms with Crippen molar-refractivity contribution in [1.29, 1.82) is 0 Å². The molecule has 0 bridgehead atoms. The van der Waals surface area contributed by atoms with Crippen molar-refractivity contribution in [2.24, 2.45) is 0 Å². The van der Waals surface area contributed by atoms with Crippen molar-refractivity contribution in [3.8, 4) is 5.75 Å². The molecule has 0 aliphatic carbocycles. The lowest BCUT2D eigenvalue weighted by molar-refractivity contribution is -0.0435. The van der Waals surface area contributed by atoms with E-state index in [9.17, 15) is 13.2 Å². The molecule has 2 aliphatic rings. The number of carbonyl (C=O) groups excluding carboxylic acids is 1. The molecule has 6 rings (SSSR count). The number of hydrazine groups is 1. The van der Waals surface area contributed by atoms with Gasteiger partial charge in [-0.2, -0.15) is 5.01 Å². The normalized spacial score (nSPS) is 16.9. The van der Waals surface area contributed by atoms with Crippen LogP contribution in [-0.4, -0.2) is 38.0 Å². The van der Waals surface area contributed by atoms with Gasteiger partial charge in [-0.15, -0.1) is 0 Å². The van der Waals surface area contributed by atoms with E-state index >= 15 is 0 Å². The number of methoxy groups -OCH3 is 1. The number of ether oxygens (including phenoxy) is 1. The van der Waals surface area contributed by atoms with Gasteiger partial charge >= 0.3 is 0 Å². The van der Waals surface area contributed by atoms with Crippen LogP contribution in [0.4, 0.5) is 5.69 Å². The Bertz CT molecular complexity index is 1680. The number of rotatable bonds is 4. The van der Waals surface area contributed by atoms with Crippen molar-refractivity contribution < 1.29 is 17.9 Å². The molecule has 7 nitrogen and oxygen atoms in total. The largest absolute Gasteiger partial charge is 0.497 e. The number of sulfonamides is 1. The van der Waals surface area contributed by atoms with Crippen molar-refractivity contribution in [2.75, 3.05) is 18.0 Å². The van der Waals surface area contributed by atoms with Crippen molar-refractivity contribution in [1.82, 2.24) is 10.0 Å². The molecule has 0 saturated heterocycles. The summed E-state index contributed by atoms with van der Waals surface area (Å²) < 4.78 is 36.2. The van der Waals surface area contributed by atoms with E-state index in [2.05, 4.69) is 0 Å². The van der Waals surface area contributed by atoms with Gasteiger partial charge in [0.2, 0.25) is 0 Å². The summed E-state index contributed by atoms with van der Waals surface area (Å²) in [6.07, 6.45) is -0.0806. The first-order valence-electron chi connectivity index (χ1n) is 13.3. The highest BCUT2D eigenvalue weighted by Gasteiger charge is 2.46. The minimum Gasteiger partial charge on any atom is -0.497 e. The van der Waals surface area contributed by atoms with E-state index in [-0.39, 0.29) is 17.3 Å². The number of hydrogen-bond donors (Lipinski definition) is 0. The molecule has 8 heteroatoms. The third-order valence-electron chi connectivity index (χ3n) is 7.71. The lowest BCUT2D eigenvalue weighted by Crippen LogP contribution is -2.54. The Morgan fingerprint density at radius 1 is 0.850 bits per heavy atom. The summed E-state index contributed by atoms with van der Waals surface area (Å²) >= 11 is 0. The Balaban J connectivity index is 1.60. The quantitative estimate of drug-likeness (QED) is 0.327. The van der Waals surface area contributed by atoms with Crippen LogP contribution >= 0.6 is 0 Å². The molecule has 204 valence electrons. The molecule has 1 amide bonds. The molecule has 2 heterocycles. The van der Waals surface area contributed by atoms with Gasteiger partial charge in [0, 0.05) is 17.7 Å². The number of fused-ring (bicyclic) bond motifs is 4. The molecule has 0 fully saturated rings. The topological polar surface area (TPSA) is 70.2 Å². The molecule has 0 saturated carbocycles. The van der Waals surface area contributed by atoms with Crippen molar-refractivity contribution in [3.63, 3.8) is 0 Å². The van der Waals surface area contributed by atoms with E-state index in [1.165, 1.54) is 4.31 Å². The molecule has 0 N–H and O–H groups in total. The standard InChI is InChI=1S/C32H31N3O4S/c1-22-8-12-25(13-9-22)32(36)34-21-26-20-27(39-3)14-17-30(26)35(40(37,38)28-15-10-23(2)11-16-28)31-29-7-5-4-6-24(29)18-19-33(31)34/h4-17,20,31H,18-19,21H2,1-3H3. The van der Waals surface area contributed by atoms with Gasteiger partial charge in [0.05, 0.1) is 24.2 Å².